The molecule has 0 saturated carbocycles. The number of amides is 1. The number of rotatable bonds is 7. The maximum absolute atomic E-state index is 13.4. The molecule has 11 heteroatoms. The minimum absolute atomic E-state index is 0.0199. The average molecular weight is 483 g/mol. The van der Waals surface area contributed by atoms with Crippen molar-refractivity contribution >= 4 is 48.5 Å². The summed E-state index contributed by atoms with van der Waals surface area (Å²) in [6, 6.07) is 8.27. The number of hydrogen-bond donors (Lipinski definition) is 1. The van der Waals surface area contributed by atoms with Crippen LogP contribution >= 0.6 is 11.6 Å². The highest BCUT2D eigenvalue weighted by atomic mass is 35.5. The Kier molecular flexibility index (Phi) is 6.01. The van der Waals surface area contributed by atoms with Gasteiger partial charge in [0.2, 0.25) is 11.7 Å². The van der Waals surface area contributed by atoms with E-state index in [2.05, 4.69) is 0 Å². The Morgan fingerprint density at radius 2 is 1.39 bits per heavy atom. The monoisotopic (exact) mass is 482 g/mol. The van der Waals surface area contributed by atoms with E-state index in [0.717, 1.165) is 4.40 Å². The van der Waals surface area contributed by atoms with Gasteiger partial charge >= 0.3 is 0 Å². The van der Waals surface area contributed by atoms with Gasteiger partial charge in [0.25, 0.3) is 0 Å². The molecule has 164 valence electrons. The number of aromatic nitrogens is 1. The third-order valence-corrected chi connectivity index (χ3v) is 8.79. The van der Waals surface area contributed by atoms with E-state index in [1.807, 2.05) is 0 Å². The average Bonchev–Trinajstić information content (AvgIpc) is 3.09. The van der Waals surface area contributed by atoms with Gasteiger partial charge in [-0.25, -0.2) is 16.8 Å². The highest BCUT2D eigenvalue weighted by Crippen LogP contribution is 2.35. The zero-order valence-electron chi connectivity index (χ0n) is 16.6. The minimum Gasteiger partial charge on any atom is -0.366 e. The largest absolute Gasteiger partial charge is 0.366 e. The molecule has 0 spiro atoms. The van der Waals surface area contributed by atoms with Crippen molar-refractivity contribution < 1.29 is 26.4 Å². The van der Waals surface area contributed by atoms with Gasteiger partial charge < -0.3 is 10.1 Å². The SMILES string of the molecule is CCS(=O)(=O)c1c(S(=O)(=O)CC)c2ccc(C(N)=O)cn2c1C(=O)c1ccc(Cl)cc1. The van der Waals surface area contributed by atoms with Crippen molar-refractivity contribution in [2.45, 2.75) is 23.6 Å². The van der Waals surface area contributed by atoms with Crippen LogP contribution < -0.4 is 5.73 Å². The fourth-order valence-corrected chi connectivity index (χ4v) is 6.38. The number of benzene rings is 1. The Labute approximate surface area is 184 Å². The summed E-state index contributed by atoms with van der Waals surface area (Å²) >= 11 is 5.88. The number of nitrogens with two attached hydrogens (primary N) is 1. The fourth-order valence-electron chi connectivity index (χ4n) is 3.18. The maximum atomic E-state index is 13.4. The van der Waals surface area contributed by atoms with E-state index < -0.39 is 46.9 Å². The van der Waals surface area contributed by atoms with Crippen LogP contribution in [0.25, 0.3) is 5.52 Å². The molecule has 3 aromatic rings. The number of fused-ring (bicyclic) bond motifs is 1. The zero-order valence-corrected chi connectivity index (χ0v) is 19.0. The van der Waals surface area contributed by atoms with Crippen LogP contribution in [0.5, 0.6) is 0 Å². The molecular weight excluding hydrogens is 464 g/mol. The normalized spacial score (nSPS) is 12.2. The molecule has 0 bridgehead atoms. The molecule has 1 amide bonds. The van der Waals surface area contributed by atoms with Crippen LogP contribution in [0.15, 0.2) is 52.4 Å². The second-order valence-electron chi connectivity index (χ2n) is 6.69. The molecule has 2 N–H and O–H groups in total. The maximum Gasteiger partial charge on any atom is 0.250 e. The first-order valence-corrected chi connectivity index (χ1v) is 12.9. The number of hydrogen-bond acceptors (Lipinski definition) is 6. The van der Waals surface area contributed by atoms with Gasteiger partial charge in [0, 0.05) is 16.8 Å². The van der Waals surface area contributed by atoms with Crippen LogP contribution in [-0.4, -0.2) is 44.4 Å². The molecular formula is C20H19ClN2O6S2. The number of ketones is 1. The lowest BCUT2D eigenvalue weighted by molar-refractivity contribution is 0.0995. The summed E-state index contributed by atoms with van der Waals surface area (Å²) < 4.78 is 53.1. The van der Waals surface area contributed by atoms with Gasteiger partial charge in [-0.3, -0.25) is 9.59 Å². The molecule has 0 aliphatic carbocycles. The summed E-state index contributed by atoms with van der Waals surface area (Å²) in [7, 11) is -8.24. The van der Waals surface area contributed by atoms with E-state index in [1.165, 1.54) is 56.4 Å². The predicted octanol–water partition coefficient (Wildman–Crippen LogP) is 2.51. The van der Waals surface area contributed by atoms with Crippen LogP contribution in [0, 0.1) is 0 Å². The van der Waals surface area contributed by atoms with E-state index in [-0.39, 0.29) is 28.1 Å². The van der Waals surface area contributed by atoms with Crippen LogP contribution in [0.1, 0.15) is 40.3 Å². The Balaban J connectivity index is 2.57. The lowest BCUT2D eigenvalue weighted by Gasteiger charge is -2.08. The molecule has 2 heterocycles. The molecule has 31 heavy (non-hydrogen) atoms. The Morgan fingerprint density at radius 1 is 0.871 bits per heavy atom. The Bertz CT molecular complexity index is 1420. The quantitative estimate of drug-likeness (QED) is 0.514. The van der Waals surface area contributed by atoms with Crippen molar-refractivity contribution in [1.29, 1.82) is 0 Å². The van der Waals surface area contributed by atoms with Gasteiger partial charge in [-0.05, 0) is 36.4 Å². The van der Waals surface area contributed by atoms with Crippen molar-refractivity contribution in [3.8, 4) is 0 Å². The third-order valence-electron chi connectivity index (χ3n) is 4.83. The van der Waals surface area contributed by atoms with Crippen LogP contribution in [-0.2, 0) is 19.7 Å². The summed E-state index contributed by atoms with van der Waals surface area (Å²) in [6.45, 7) is 2.73. The number of halogens is 1. The van der Waals surface area contributed by atoms with E-state index in [9.17, 15) is 26.4 Å². The topological polar surface area (TPSA) is 133 Å². The zero-order chi connectivity index (χ0) is 23.1. The Morgan fingerprint density at radius 3 is 1.90 bits per heavy atom. The summed E-state index contributed by atoms with van der Waals surface area (Å²) in [5.74, 6) is -2.37. The fraction of sp³-hybridized carbons (Fsp3) is 0.200. The molecule has 1 aromatic carbocycles. The Hall–Kier alpha value is -2.69. The van der Waals surface area contributed by atoms with E-state index in [0.29, 0.717) is 5.02 Å². The predicted molar refractivity (Wildman–Crippen MR) is 116 cm³/mol. The third kappa shape index (κ3) is 3.98. The number of carbonyl (C=O) groups is 2. The first-order valence-electron chi connectivity index (χ1n) is 9.18. The van der Waals surface area contributed by atoms with Crippen LogP contribution in [0.4, 0.5) is 0 Å². The van der Waals surface area contributed by atoms with E-state index >= 15 is 0 Å². The number of carbonyl (C=O) groups excluding carboxylic acids is 2. The number of pyridine rings is 1. The lowest BCUT2D eigenvalue weighted by Crippen LogP contribution is -2.16. The number of sulfone groups is 2. The summed E-state index contributed by atoms with van der Waals surface area (Å²) in [5.41, 5.74) is 5.01. The summed E-state index contributed by atoms with van der Waals surface area (Å²) in [4.78, 5) is 24.1. The second kappa shape index (κ2) is 8.10. The molecule has 3 rings (SSSR count). The number of primary amides is 1. The molecule has 0 radical (unpaired) electrons. The molecule has 0 fully saturated rings. The van der Waals surface area contributed by atoms with Crippen molar-refractivity contribution in [2.24, 2.45) is 5.73 Å². The van der Waals surface area contributed by atoms with Crippen molar-refractivity contribution in [3.05, 3.63) is 64.4 Å². The summed E-state index contributed by atoms with van der Waals surface area (Å²) in [6.07, 6.45) is 1.17. The van der Waals surface area contributed by atoms with E-state index in [1.54, 1.807) is 0 Å². The van der Waals surface area contributed by atoms with Gasteiger partial charge in [0.1, 0.15) is 15.5 Å². The van der Waals surface area contributed by atoms with Gasteiger partial charge in [0.15, 0.2) is 19.7 Å². The van der Waals surface area contributed by atoms with Crippen molar-refractivity contribution in [1.82, 2.24) is 4.40 Å². The van der Waals surface area contributed by atoms with Gasteiger partial charge in [-0.15, -0.1) is 0 Å². The first kappa shape index (κ1) is 23.0. The lowest BCUT2D eigenvalue weighted by atomic mass is 10.1. The van der Waals surface area contributed by atoms with Gasteiger partial charge in [-0.1, -0.05) is 25.4 Å². The minimum atomic E-state index is -4.17. The molecule has 0 aliphatic rings. The van der Waals surface area contributed by atoms with Crippen molar-refractivity contribution in [2.75, 3.05) is 11.5 Å². The van der Waals surface area contributed by atoms with Crippen LogP contribution in [0.2, 0.25) is 5.02 Å². The molecule has 8 nitrogen and oxygen atoms in total. The number of nitrogens with zero attached hydrogens (tertiary/aromatic N) is 1. The smallest absolute Gasteiger partial charge is 0.250 e. The molecule has 0 atom stereocenters. The second-order valence-corrected chi connectivity index (χ2v) is 11.6. The van der Waals surface area contributed by atoms with Crippen LogP contribution in [0.3, 0.4) is 0 Å². The first-order chi connectivity index (χ1) is 14.4. The summed E-state index contributed by atoms with van der Waals surface area (Å²) in [5, 5.41) is 0.364. The van der Waals surface area contributed by atoms with E-state index in [4.69, 9.17) is 17.3 Å². The van der Waals surface area contributed by atoms with Gasteiger partial charge in [0.05, 0.1) is 22.6 Å². The molecule has 0 aliphatic heterocycles. The van der Waals surface area contributed by atoms with Gasteiger partial charge in [-0.2, -0.15) is 0 Å². The molecule has 0 unspecified atom stereocenters. The van der Waals surface area contributed by atoms with Crippen molar-refractivity contribution in [3.63, 3.8) is 0 Å². The molecule has 0 saturated heterocycles. The highest BCUT2D eigenvalue weighted by molar-refractivity contribution is 7.94. The molecule has 2 aromatic heterocycles. The standard InChI is InChI=1S/C20H19ClN2O6S2/c1-3-30(26,27)18-15-10-7-13(20(22)25)11-23(15)16(19(18)31(28,29)4-2)17(24)12-5-8-14(21)9-6-12/h5-11H,3-4H2,1-2H3,(H2,22,25). The highest BCUT2D eigenvalue weighted by Gasteiger charge is 2.36.